The molecule has 2 aromatic carbocycles. The molecular weight excluding hydrogens is 425 g/mol. The summed E-state index contributed by atoms with van der Waals surface area (Å²) in [6.45, 7) is 0. The van der Waals surface area contributed by atoms with Crippen LogP contribution in [-0.2, 0) is 4.79 Å². The lowest BCUT2D eigenvalue weighted by atomic mass is 10.3. The number of carbonyl (C=O) groups excluding carboxylic acids is 1. The summed E-state index contributed by atoms with van der Waals surface area (Å²) in [7, 11) is 0. The van der Waals surface area contributed by atoms with Gasteiger partial charge in [0, 0.05) is 6.20 Å². The number of hydrogen-bond acceptors (Lipinski definition) is 5. The molecule has 0 saturated heterocycles. The molecule has 0 radical (unpaired) electrons. The summed E-state index contributed by atoms with van der Waals surface area (Å²) in [6, 6.07) is 18.7. The van der Waals surface area contributed by atoms with Gasteiger partial charge in [0.05, 0.1) is 22.2 Å². The zero-order valence-corrected chi connectivity index (χ0v) is 17.1. The molecule has 0 atom stereocenters. The molecule has 30 heavy (non-hydrogen) atoms. The van der Waals surface area contributed by atoms with Crippen molar-refractivity contribution in [1.29, 1.82) is 0 Å². The van der Waals surface area contributed by atoms with Crippen LogP contribution >= 0.6 is 23.4 Å². The van der Waals surface area contributed by atoms with Crippen molar-refractivity contribution in [1.82, 2.24) is 19.7 Å². The van der Waals surface area contributed by atoms with Crippen LogP contribution in [0.2, 0.25) is 5.02 Å². The highest BCUT2D eigenvalue weighted by Gasteiger charge is 2.19. The third kappa shape index (κ3) is 4.34. The molecule has 9 heteroatoms. The fourth-order valence-corrected chi connectivity index (χ4v) is 3.72. The van der Waals surface area contributed by atoms with Crippen molar-refractivity contribution >= 4 is 35.0 Å². The Morgan fingerprint density at radius 3 is 2.57 bits per heavy atom. The van der Waals surface area contributed by atoms with Gasteiger partial charge in [-0.1, -0.05) is 53.7 Å². The predicted octanol–water partition coefficient (Wildman–Crippen LogP) is 4.85. The minimum Gasteiger partial charge on any atom is -0.323 e. The van der Waals surface area contributed by atoms with Gasteiger partial charge >= 0.3 is 0 Å². The van der Waals surface area contributed by atoms with Crippen LogP contribution < -0.4 is 5.32 Å². The van der Waals surface area contributed by atoms with Crippen molar-refractivity contribution < 1.29 is 9.18 Å². The SMILES string of the molecule is O=C(CSc1nnc(-c2ccccn2)n1-c1ccccc1Cl)Nc1ccccc1F. The number of aromatic nitrogens is 4. The fourth-order valence-electron chi connectivity index (χ4n) is 2.75. The van der Waals surface area contributed by atoms with E-state index in [1.165, 1.54) is 23.9 Å². The first-order valence-electron chi connectivity index (χ1n) is 8.92. The number of pyridine rings is 1. The number of nitrogens with zero attached hydrogens (tertiary/aromatic N) is 4. The first kappa shape index (κ1) is 20.1. The molecule has 4 rings (SSSR count). The quantitative estimate of drug-likeness (QED) is 0.435. The van der Waals surface area contributed by atoms with Crippen LogP contribution in [0.15, 0.2) is 78.1 Å². The van der Waals surface area contributed by atoms with Crippen molar-refractivity contribution in [2.24, 2.45) is 0 Å². The van der Waals surface area contributed by atoms with Crippen LogP contribution in [0.5, 0.6) is 0 Å². The van der Waals surface area contributed by atoms with E-state index in [9.17, 15) is 9.18 Å². The van der Waals surface area contributed by atoms with Crippen molar-refractivity contribution in [2.75, 3.05) is 11.1 Å². The average molecular weight is 440 g/mol. The van der Waals surface area contributed by atoms with Crippen molar-refractivity contribution in [3.05, 3.63) is 83.8 Å². The second-order valence-corrected chi connectivity index (χ2v) is 7.47. The van der Waals surface area contributed by atoms with E-state index in [1.807, 2.05) is 36.4 Å². The molecular formula is C21H15ClFN5OS. The average Bonchev–Trinajstić information content (AvgIpc) is 3.18. The van der Waals surface area contributed by atoms with E-state index in [0.717, 1.165) is 0 Å². The van der Waals surface area contributed by atoms with Gasteiger partial charge in [-0.2, -0.15) is 0 Å². The Morgan fingerprint density at radius 1 is 1.03 bits per heavy atom. The number of anilines is 1. The maximum Gasteiger partial charge on any atom is 0.234 e. The van der Waals surface area contributed by atoms with Gasteiger partial charge in [-0.05, 0) is 36.4 Å². The summed E-state index contributed by atoms with van der Waals surface area (Å²) in [5, 5.41) is 12.0. The van der Waals surface area contributed by atoms with Gasteiger partial charge in [-0.3, -0.25) is 14.3 Å². The number of nitrogens with one attached hydrogen (secondary N) is 1. The van der Waals surface area contributed by atoms with Crippen LogP contribution in [-0.4, -0.2) is 31.4 Å². The molecule has 0 saturated carbocycles. The molecule has 0 aliphatic rings. The summed E-state index contributed by atoms with van der Waals surface area (Å²) in [5.41, 5.74) is 1.42. The molecule has 0 aliphatic heterocycles. The van der Waals surface area contributed by atoms with Gasteiger partial charge < -0.3 is 5.32 Å². The van der Waals surface area contributed by atoms with Gasteiger partial charge in [0.25, 0.3) is 0 Å². The first-order valence-corrected chi connectivity index (χ1v) is 10.3. The Bertz CT molecular complexity index is 1190. The zero-order chi connectivity index (χ0) is 20.9. The second-order valence-electron chi connectivity index (χ2n) is 6.12. The van der Waals surface area contributed by atoms with Gasteiger partial charge in [0.2, 0.25) is 5.91 Å². The summed E-state index contributed by atoms with van der Waals surface area (Å²) in [4.78, 5) is 16.7. The lowest BCUT2D eigenvalue weighted by Gasteiger charge is -2.11. The highest BCUT2D eigenvalue weighted by Crippen LogP contribution is 2.30. The topological polar surface area (TPSA) is 72.7 Å². The van der Waals surface area contributed by atoms with Crippen molar-refractivity contribution in [3.8, 4) is 17.2 Å². The van der Waals surface area contributed by atoms with Gasteiger partial charge in [-0.25, -0.2) is 4.39 Å². The fraction of sp³-hybridized carbons (Fsp3) is 0.0476. The van der Waals surface area contributed by atoms with Crippen LogP contribution in [0.25, 0.3) is 17.2 Å². The van der Waals surface area contributed by atoms with Crippen molar-refractivity contribution in [3.63, 3.8) is 0 Å². The number of benzene rings is 2. The minimum absolute atomic E-state index is 0.0130. The van der Waals surface area contributed by atoms with Gasteiger partial charge in [0.15, 0.2) is 11.0 Å². The molecule has 4 aromatic rings. The van der Waals surface area contributed by atoms with E-state index in [-0.39, 0.29) is 17.3 Å². The standard InChI is InChI=1S/C21H15ClFN5OS/c22-14-7-1-4-11-18(14)28-20(17-10-5-6-12-24-17)26-27-21(28)30-13-19(29)25-16-9-3-2-8-15(16)23/h1-12H,13H2,(H,25,29). The Balaban J connectivity index is 1.62. The lowest BCUT2D eigenvalue weighted by Crippen LogP contribution is -2.15. The van der Waals surface area contributed by atoms with E-state index in [2.05, 4.69) is 20.5 Å². The highest BCUT2D eigenvalue weighted by atomic mass is 35.5. The molecule has 1 amide bonds. The minimum atomic E-state index is -0.493. The molecule has 0 unspecified atom stereocenters. The van der Waals surface area contributed by atoms with Gasteiger partial charge in [0.1, 0.15) is 11.5 Å². The molecule has 1 N–H and O–H groups in total. The Labute approximate surface area is 181 Å². The van der Waals surface area contributed by atoms with E-state index >= 15 is 0 Å². The predicted molar refractivity (Wildman–Crippen MR) is 115 cm³/mol. The maximum absolute atomic E-state index is 13.8. The largest absolute Gasteiger partial charge is 0.323 e. The number of thioether (sulfide) groups is 1. The second kappa shape index (κ2) is 9.06. The number of halogens is 2. The maximum atomic E-state index is 13.8. The molecule has 0 aliphatic carbocycles. The van der Waals surface area contributed by atoms with Crippen LogP contribution in [0, 0.1) is 5.82 Å². The Hall–Kier alpha value is -3.23. The molecule has 0 spiro atoms. The summed E-state index contributed by atoms with van der Waals surface area (Å²) < 4.78 is 15.5. The monoisotopic (exact) mass is 439 g/mol. The van der Waals surface area contributed by atoms with E-state index in [0.29, 0.717) is 27.4 Å². The van der Waals surface area contributed by atoms with E-state index < -0.39 is 5.82 Å². The molecule has 6 nitrogen and oxygen atoms in total. The highest BCUT2D eigenvalue weighted by molar-refractivity contribution is 7.99. The smallest absolute Gasteiger partial charge is 0.234 e. The van der Waals surface area contributed by atoms with Gasteiger partial charge in [-0.15, -0.1) is 10.2 Å². The normalized spacial score (nSPS) is 10.7. The number of carbonyl (C=O) groups is 1. The number of para-hydroxylation sites is 2. The molecule has 0 bridgehead atoms. The molecule has 0 fully saturated rings. The number of hydrogen-bond donors (Lipinski definition) is 1. The Kier molecular flexibility index (Phi) is 6.06. The lowest BCUT2D eigenvalue weighted by molar-refractivity contribution is -0.113. The van der Waals surface area contributed by atoms with Crippen molar-refractivity contribution in [2.45, 2.75) is 5.16 Å². The first-order chi connectivity index (χ1) is 14.6. The van der Waals surface area contributed by atoms with E-state index in [4.69, 9.17) is 11.6 Å². The van der Waals surface area contributed by atoms with Crippen LogP contribution in [0.1, 0.15) is 0 Å². The zero-order valence-electron chi connectivity index (χ0n) is 15.5. The van der Waals surface area contributed by atoms with Crippen LogP contribution in [0.3, 0.4) is 0 Å². The number of amides is 1. The molecule has 2 aromatic heterocycles. The van der Waals surface area contributed by atoms with E-state index in [1.54, 1.807) is 29.0 Å². The van der Waals surface area contributed by atoms with Crippen LogP contribution in [0.4, 0.5) is 10.1 Å². The number of rotatable bonds is 6. The third-order valence-corrected chi connectivity index (χ3v) is 5.35. The summed E-state index contributed by atoms with van der Waals surface area (Å²) in [5.74, 6) is -0.342. The Morgan fingerprint density at radius 2 is 1.80 bits per heavy atom. The molecule has 2 heterocycles. The summed E-state index contributed by atoms with van der Waals surface area (Å²) in [6.07, 6.45) is 1.66. The molecule has 150 valence electrons. The summed E-state index contributed by atoms with van der Waals surface area (Å²) >= 11 is 7.58. The third-order valence-electron chi connectivity index (χ3n) is 4.10.